The second-order valence-electron chi connectivity index (χ2n) is 11.4. The zero-order valence-electron chi connectivity index (χ0n) is 28.3. The topological polar surface area (TPSA) is 359 Å². The number of rotatable bonds is 14. The second kappa shape index (κ2) is 17.5. The summed E-state index contributed by atoms with van der Waals surface area (Å²) in [5.41, 5.74) is 33.3. The van der Waals surface area contributed by atoms with Crippen LogP contribution in [0.15, 0.2) is 56.2 Å². The molecule has 0 saturated heterocycles. The molecule has 0 aliphatic carbocycles. The fraction of sp³-hybridized carbons (Fsp3) is 0.267. The predicted octanol–water partition coefficient (Wildman–Crippen LogP) is 0.653. The maximum atomic E-state index is 13.4. The Hall–Kier alpha value is -5.58. The number of nitrogens with zero attached hydrogens (tertiary/aromatic N) is 6. The first-order valence-electron chi connectivity index (χ1n) is 15.8. The lowest BCUT2D eigenvalue weighted by molar-refractivity contribution is 0.0964. The summed E-state index contributed by atoms with van der Waals surface area (Å²) in [4.78, 5) is 47.8. The van der Waals surface area contributed by atoms with Crippen molar-refractivity contribution in [3.8, 4) is 0 Å². The van der Waals surface area contributed by atoms with Gasteiger partial charge in [0.15, 0.2) is 76.6 Å². The van der Waals surface area contributed by atoms with E-state index in [0.29, 0.717) is 12.8 Å². The molecule has 0 spiro atoms. The molecule has 0 radical (unpaired) electrons. The number of anilines is 4. The summed E-state index contributed by atoms with van der Waals surface area (Å²) in [5, 5.41) is 4.68. The zero-order valence-corrected chi connectivity index (χ0v) is 31.4. The van der Waals surface area contributed by atoms with E-state index in [2.05, 4.69) is 40.6 Å². The van der Waals surface area contributed by atoms with Gasteiger partial charge in [-0.1, -0.05) is 47.5 Å². The van der Waals surface area contributed by atoms with Gasteiger partial charge in [-0.05, 0) is 37.8 Å². The van der Waals surface area contributed by atoms with Gasteiger partial charge in [-0.2, -0.15) is 0 Å². The predicted molar refractivity (Wildman–Crippen MR) is 206 cm³/mol. The third kappa shape index (κ3) is 10.3. The number of fused-ring (bicyclic) bond motifs is 1. The molecule has 288 valence electrons. The summed E-state index contributed by atoms with van der Waals surface area (Å²) in [6, 6.07) is 8.89. The van der Waals surface area contributed by atoms with E-state index in [9.17, 15) is 26.4 Å². The maximum absolute atomic E-state index is 13.4. The number of aliphatic imine (C=N–C) groups is 2. The SMILES string of the molecule is NC(=NCCCCS(=O)(=O)c1cccc2c(S(=O)(=O)CCCCN=C(N)NC(=O)c3nc(Cl)c(N)nc3N)cccc12)NC(=O)c1nc(Cl)c(N)nc1N. The lowest BCUT2D eigenvalue weighted by Gasteiger charge is -2.12. The van der Waals surface area contributed by atoms with Gasteiger partial charge in [-0.15, -0.1) is 0 Å². The number of carbonyl (C=O) groups is 2. The Morgan fingerprint density at radius 3 is 1.33 bits per heavy atom. The van der Waals surface area contributed by atoms with Gasteiger partial charge in [0.25, 0.3) is 11.8 Å². The summed E-state index contributed by atoms with van der Waals surface area (Å²) in [6.45, 7) is 0.165. The third-order valence-corrected chi connectivity index (χ3v) is 11.7. The van der Waals surface area contributed by atoms with Crippen LogP contribution in [-0.2, 0) is 19.7 Å². The highest BCUT2D eigenvalue weighted by atomic mass is 35.5. The van der Waals surface area contributed by atoms with Crippen molar-refractivity contribution in [1.82, 2.24) is 30.6 Å². The molecule has 2 aromatic carbocycles. The molecule has 14 N–H and O–H groups in total. The number of halogens is 2. The van der Waals surface area contributed by atoms with Crippen molar-refractivity contribution < 1.29 is 26.4 Å². The van der Waals surface area contributed by atoms with E-state index in [-0.39, 0.29) is 115 Å². The molecule has 0 saturated carbocycles. The first-order chi connectivity index (χ1) is 25.4. The lowest BCUT2D eigenvalue weighted by atomic mass is 10.1. The van der Waals surface area contributed by atoms with Gasteiger partial charge in [0.1, 0.15) is 0 Å². The van der Waals surface area contributed by atoms with Gasteiger partial charge in [0.2, 0.25) is 0 Å². The fourth-order valence-electron chi connectivity index (χ4n) is 4.87. The third-order valence-electron chi connectivity index (χ3n) is 7.44. The summed E-state index contributed by atoms with van der Waals surface area (Å²) in [7, 11) is -7.72. The van der Waals surface area contributed by atoms with Crippen molar-refractivity contribution in [3.63, 3.8) is 0 Å². The molecule has 20 nitrogen and oxygen atoms in total. The van der Waals surface area contributed by atoms with Crippen LogP contribution in [0.5, 0.6) is 0 Å². The average Bonchev–Trinajstić information content (AvgIpc) is 3.10. The van der Waals surface area contributed by atoms with Gasteiger partial charge in [-0.3, -0.25) is 30.2 Å². The normalized spacial score (nSPS) is 12.5. The number of nitrogen functional groups attached to an aromatic ring is 4. The molecule has 0 atom stereocenters. The summed E-state index contributed by atoms with van der Waals surface area (Å²) in [6.07, 6.45) is 0.946. The Kier molecular flexibility index (Phi) is 13.3. The number of aromatic nitrogens is 4. The van der Waals surface area contributed by atoms with Gasteiger partial charge in [0.05, 0.1) is 21.3 Å². The molecule has 4 rings (SSSR count). The first kappa shape index (κ1) is 41.2. The molecule has 0 unspecified atom stereocenters. The average molecular weight is 824 g/mol. The zero-order chi connectivity index (χ0) is 39.8. The van der Waals surface area contributed by atoms with Crippen molar-refractivity contribution in [2.24, 2.45) is 21.5 Å². The highest BCUT2D eigenvalue weighted by molar-refractivity contribution is 7.92. The maximum Gasteiger partial charge on any atom is 0.280 e. The second-order valence-corrected chi connectivity index (χ2v) is 16.2. The summed E-state index contributed by atoms with van der Waals surface area (Å²) in [5.74, 6) is -3.49. The number of sulfone groups is 2. The van der Waals surface area contributed by atoms with E-state index in [1.807, 2.05) is 0 Å². The quantitative estimate of drug-likeness (QED) is 0.0492. The van der Waals surface area contributed by atoms with Crippen LogP contribution in [0.3, 0.4) is 0 Å². The molecular formula is C30H36Cl2N14O6S2. The standard InChI is InChI=1S/C30H36Cl2N14O6S2/c31-21-25(35)43-23(33)19(41-21)27(47)45-29(37)39-11-1-3-13-53(49,50)17-9-5-8-16-15(17)7-6-10-18(16)54(51,52)14-4-2-12-40-30(38)46-28(48)20-24(34)44-26(36)22(32)42-20/h5-10H,1-4,11-14H2,(H4,33,35,43)(H4,34,36,44)(H3,37,39,45,47)(H3,38,40,46,48). The molecule has 54 heavy (non-hydrogen) atoms. The number of nitrogens with two attached hydrogens (primary N) is 6. The van der Waals surface area contributed by atoms with E-state index in [1.54, 1.807) is 12.1 Å². The largest absolute Gasteiger partial charge is 0.382 e. The van der Waals surface area contributed by atoms with E-state index in [4.69, 9.17) is 57.6 Å². The Morgan fingerprint density at radius 2 is 0.963 bits per heavy atom. The molecule has 2 amide bonds. The van der Waals surface area contributed by atoms with Crippen LogP contribution in [0.1, 0.15) is 46.7 Å². The molecule has 2 heterocycles. The minimum atomic E-state index is -3.86. The van der Waals surface area contributed by atoms with Crippen molar-refractivity contribution in [2.45, 2.75) is 35.5 Å². The van der Waals surface area contributed by atoms with Crippen molar-refractivity contribution in [2.75, 3.05) is 47.5 Å². The van der Waals surface area contributed by atoms with Crippen LogP contribution in [0.2, 0.25) is 10.3 Å². The molecular weight excluding hydrogens is 787 g/mol. The minimum Gasteiger partial charge on any atom is -0.382 e. The number of unbranched alkanes of at least 4 members (excludes halogenated alkanes) is 2. The van der Waals surface area contributed by atoms with E-state index < -0.39 is 31.5 Å². The molecule has 4 aromatic rings. The van der Waals surface area contributed by atoms with E-state index in [0.717, 1.165) is 0 Å². The van der Waals surface area contributed by atoms with Crippen LogP contribution in [-0.4, -0.2) is 85.1 Å². The number of nitrogens with one attached hydrogen (secondary N) is 2. The highest BCUT2D eigenvalue weighted by Gasteiger charge is 2.23. The molecule has 0 aliphatic heterocycles. The van der Waals surface area contributed by atoms with Crippen LogP contribution in [0, 0.1) is 0 Å². The van der Waals surface area contributed by atoms with E-state index in [1.165, 1.54) is 24.3 Å². The number of amides is 2. The number of carbonyl (C=O) groups excluding carboxylic acids is 2. The molecule has 0 aliphatic rings. The van der Waals surface area contributed by atoms with Gasteiger partial charge < -0.3 is 34.4 Å². The Balaban J connectivity index is 1.31. The fourth-order valence-corrected chi connectivity index (χ4v) is 8.33. The van der Waals surface area contributed by atoms with Crippen LogP contribution < -0.4 is 45.0 Å². The van der Waals surface area contributed by atoms with Crippen molar-refractivity contribution in [3.05, 3.63) is 58.1 Å². The Morgan fingerprint density at radius 1 is 0.593 bits per heavy atom. The van der Waals surface area contributed by atoms with Gasteiger partial charge in [-0.25, -0.2) is 36.8 Å². The lowest BCUT2D eigenvalue weighted by Crippen LogP contribution is -2.38. The molecule has 0 bridgehead atoms. The molecule has 0 fully saturated rings. The molecule has 2 aromatic heterocycles. The summed E-state index contributed by atoms with van der Waals surface area (Å²) < 4.78 is 53.6. The number of benzene rings is 2. The van der Waals surface area contributed by atoms with Crippen LogP contribution in [0.25, 0.3) is 10.8 Å². The summed E-state index contributed by atoms with van der Waals surface area (Å²) >= 11 is 11.6. The minimum absolute atomic E-state index is 0.0194. The van der Waals surface area contributed by atoms with Crippen molar-refractivity contribution >= 4 is 101 Å². The van der Waals surface area contributed by atoms with Gasteiger partial charge >= 0.3 is 0 Å². The van der Waals surface area contributed by atoms with Crippen LogP contribution in [0.4, 0.5) is 23.3 Å². The Bertz CT molecular complexity index is 2210. The number of guanidine groups is 2. The first-order valence-corrected chi connectivity index (χ1v) is 19.8. The smallest absolute Gasteiger partial charge is 0.280 e. The van der Waals surface area contributed by atoms with Crippen LogP contribution >= 0.6 is 23.2 Å². The number of hydrogen-bond acceptors (Lipinski definition) is 16. The Labute approximate surface area is 319 Å². The highest BCUT2D eigenvalue weighted by Crippen LogP contribution is 2.30. The van der Waals surface area contributed by atoms with Gasteiger partial charge in [0, 0.05) is 23.9 Å². The van der Waals surface area contributed by atoms with E-state index >= 15 is 0 Å². The van der Waals surface area contributed by atoms with Crippen molar-refractivity contribution in [1.29, 1.82) is 0 Å². The number of hydrogen-bond donors (Lipinski definition) is 8. The molecule has 24 heteroatoms. The monoisotopic (exact) mass is 822 g/mol.